The SMILES string of the molecule is CCOc1nc(N2CC3CCC(C2)N3)c2cnc(-c3cccc4cccc(Cl)c34)c(F)c2n1.Cc1cc(NC=O)ccc1Sn1cnc(C2CC2)n1. The Hall–Kier alpha value is -4.85. The molecule has 3 aromatic heterocycles. The second-order valence-corrected chi connectivity index (χ2v) is 14.6. The highest BCUT2D eigenvalue weighted by atomic mass is 35.5. The number of halogens is 2. The second kappa shape index (κ2) is 14.6. The summed E-state index contributed by atoms with van der Waals surface area (Å²) in [6.07, 6.45) is 8.82. The van der Waals surface area contributed by atoms with Crippen LogP contribution in [0.1, 0.15) is 49.9 Å². The van der Waals surface area contributed by atoms with Gasteiger partial charge in [0.2, 0.25) is 6.41 Å². The Kier molecular flexibility index (Phi) is 9.65. The van der Waals surface area contributed by atoms with E-state index in [2.05, 4.69) is 40.6 Å². The fourth-order valence-corrected chi connectivity index (χ4v) is 7.99. The molecule has 2 unspecified atom stereocenters. The third kappa shape index (κ3) is 7.00. The summed E-state index contributed by atoms with van der Waals surface area (Å²) >= 11 is 8.03. The van der Waals surface area contributed by atoms with Crippen LogP contribution in [0.25, 0.3) is 32.9 Å². The minimum absolute atomic E-state index is 0.179. The average molecular weight is 738 g/mol. The summed E-state index contributed by atoms with van der Waals surface area (Å²) in [7, 11) is 0. The van der Waals surface area contributed by atoms with Gasteiger partial charge < -0.3 is 20.3 Å². The maximum absolute atomic E-state index is 16.1. The van der Waals surface area contributed by atoms with Crippen LogP contribution in [0.4, 0.5) is 15.9 Å². The Labute approximate surface area is 309 Å². The number of rotatable bonds is 9. The summed E-state index contributed by atoms with van der Waals surface area (Å²) < 4.78 is 23.5. The van der Waals surface area contributed by atoms with Gasteiger partial charge in [0.25, 0.3) is 0 Å². The van der Waals surface area contributed by atoms with Gasteiger partial charge in [0.1, 0.15) is 23.4 Å². The van der Waals surface area contributed by atoms with Crippen molar-refractivity contribution in [2.45, 2.75) is 62.4 Å². The Bertz CT molecular complexity index is 2270. The number of pyridine rings is 1. The smallest absolute Gasteiger partial charge is 0.319 e. The number of aryl methyl sites for hydroxylation is 1. The van der Waals surface area contributed by atoms with Gasteiger partial charge in [-0.2, -0.15) is 14.1 Å². The van der Waals surface area contributed by atoms with Crippen LogP contribution in [-0.4, -0.2) is 67.3 Å². The van der Waals surface area contributed by atoms with E-state index in [9.17, 15) is 4.79 Å². The van der Waals surface area contributed by atoms with Gasteiger partial charge in [0.15, 0.2) is 11.6 Å². The van der Waals surface area contributed by atoms with Crippen LogP contribution in [0, 0.1) is 12.7 Å². The summed E-state index contributed by atoms with van der Waals surface area (Å²) in [5, 5.41) is 13.6. The monoisotopic (exact) mass is 737 g/mol. The highest BCUT2D eigenvalue weighted by molar-refractivity contribution is 7.97. The average Bonchev–Trinajstić information content (AvgIpc) is 3.80. The van der Waals surface area contributed by atoms with Gasteiger partial charge in [-0.25, -0.2) is 9.37 Å². The highest BCUT2D eigenvalue weighted by Gasteiger charge is 2.34. The van der Waals surface area contributed by atoms with Gasteiger partial charge in [-0.1, -0.05) is 41.9 Å². The molecule has 2 bridgehead atoms. The van der Waals surface area contributed by atoms with Crippen LogP contribution in [-0.2, 0) is 4.79 Å². The molecule has 0 spiro atoms. The number of anilines is 2. The molecular weight excluding hydrogens is 701 g/mol. The van der Waals surface area contributed by atoms with Crippen LogP contribution in [0.3, 0.4) is 0 Å². The molecule has 5 heterocycles. The van der Waals surface area contributed by atoms with Crippen LogP contribution in [0.2, 0.25) is 5.02 Å². The minimum atomic E-state index is -0.498. The third-order valence-corrected chi connectivity index (χ3v) is 10.9. The molecule has 6 aromatic rings. The van der Waals surface area contributed by atoms with Crippen LogP contribution in [0.5, 0.6) is 6.01 Å². The molecule has 1 saturated carbocycles. The van der Waals surface area contributed by atoms with Crippen molar-refractivity contribution in [1.29, 1.82) is 0 Å². The first-order chi connectivity index (χ1) is 25.4. The van der Waals surface area contributed by atoms with E-state index in [1.54, 1.807) is 22.7 Å². The van der Waals surface area contributed by atoms with Gasteiger partial charge in [-0.3, -0.25) is 9.78 Å². The molecule has 9 rings (SSSR count). The van der Waals surface area contributed by atoms with E-state index in [1.807, 2.05) is 62.4 Å². The Morgan fingerprint density at radius 1 is 1.06 bits per heavy atom. The van der Waals surface area contributed by atoms with Gasteiger partial charge in [0.05, 0.1) is 12.0 Å². The van der Waals surface area contributed by atoms with Gasteiger partial charge in [-0.05, 0) is 74.7 Å². The second-order valence-electron chi connectivity index (χ2n) is 13.2. The van der Waals surface area contributed by atoms with E-state index in [4.69, 9.17) is 16.3 Å². The number of piperazine rings is 1. The number of aromatic nitrogens is 6. The van der Waals surface area contributed by atoms with Gasteiger partial charge in [-0.15, -0.1) is 5.10 Å². The fourth-order valence-electron chi connectivity index (χ4n) is 6.95. The Balaban J connectivity index is 0.000000173. The number of nitrogens with one attached hydrogen (secondary N) is 2. The predicted octanol–water partition coefficient (Wildman–Crippen LogP) is 7.56. The van der Waals surface area contributed by atoms with Crippen LogP contribution in [0.15, 0.2) is 72.0 Å². The van der Waals surface area contributed by atoms with Crippen molar-refractivity contribution >= 4 is 63.1 Å². The fraction of sp³-hybridized carbons (Fsp3) is 0.316. The van der Waals surface area contributed by atoms with Crippen molar-refractivity contribution in [2.24, 2.45) is 0 Å². The molecule has 3 aromatic carbocycles. The summed E-state index contributed by atoms with van der Waals surface area (Å²) in [5.41, 5.74) is 2.96. The molecule has 2 N–H and O–H groups in total. The number of benzene rings is 3. The Morgan fingerprint density at radius 2 is 1.85 bits per heavy atom. The van der Waals surface area contributed by atoms with Crippen molar-refractivity contribution in [3.8, 4) is 17.3 Å². The molecule has 1 aliphatic carbocycles. The standard InChI is InChI=1S/C25H23ClFN5O.C13H14N4OS/c1-2-33-25-30-23-18(24(31-25)32-12-15-9-10-16(13-32)29-15)11-28-22(21(23)27)17-7-3-5-14-6-4-8-19(26)20(14)17;1-9-6-11(15-8-18)4-5-12(9)19-17-7-14-13(16-17)10-2-3-10/h3-8,11,15-16,29H,2,9-10,12-13H2,1H3;4-8,10H,2-3H2,1H3,(H,15,18). The van der Waals surface area contributed by atoms with E-state index < -0.39 is 5.82 Å². The zero-order valence-electron chi connectivity index (χ0n) is 28.7. The van der Waals surface area contributed by atoms with Crippen LogP contribution < -0.4 is 20.3 Å². The normalized spacial score (nSPS) is 18.0. The first-order valence-electron chi connectivity index (χ1n) is 17.5. The maximum atomic E-state index is 16.1. The molecule has 2 atom stereocenters. The first kappa shape index (κ1) is 34.2. The molecule has 2 saturated heterocycles. The lowest BCUT2D eigenvalue weighted by molar-refractivity contribution is -0.105. The summed E-state index contributed by atoms with van der Waals surface area (Å²) in [6.45, 7) is 5.91. The lowest BCUT2D eigenvalue weighted by Gasteiger charge is -2.34. The number of nitrogens with zero attached hydrogens (tertiary/aromatic N) is 7. The van der Waals surface area contributed by atoms with Crippen molar-refractivity contribution < 1.29 is 13.9 Å². The largest absolute Gasteiger partial charge is 0.464 e. The molecule has 266 valence electrons. The first-order valence-corrected chi connectivity index (χ1v) is 18.6. The number of carbonyl (C=O) groups is 1. The zero-order chi connectivity index (χ0) is 35.8. The topological polar surface area (TPSA) is 123 Å². The van der Waals surface area contributed by atoms with Gasteiger partial charge >= 0.3 is 6.01 Å². The van der Waals surface area contributed by atoms with E-state index in [0.29, 0.717) is 52.8 Å². The molecule has 14 heteroatoms. The lowest BCUT2D eigenvalue weighted by atomic mass is 10.0. The Morgan fingerprint density at radius 3 is 2.58 bits per heavy atom. The number of hydrogen-bond acceptors (Lipinski definition) is 10. The molecule has 3 aliphatic rings. The molecule has 11 nitrogen and oxygen atoms in total. The van der Waals surface area contributed by atoms with Gasteiger partial charge in [0, 0.05) is 75.8 Å². The molecule has 0 radical (unpaired) electrons. The van der Waals surface area contributed by atoms with E-state index >= 15 is 4.39 Å². The van der Waals surface area contributed by atoms with Crippen molar-refractivity contribution in [2.75, 3.05) is 29.9 Å². The maximum Gasteiger partial charge on any atom is 0.319 e. The quantitative estimate of drug-likeness (QED) is 0.144. The number of fused-ring (bicyclic) bond motifs is 4. The number of ether oxygens (including phenoxy) is 1. The molecular formula is C38H37ClFN9O2S. The van der Waals surface area contributed by atoms with Crippen molar-refractivity contribution in [3.63, 3.8) is 0 Å². The number of amides is 1. The zero-order valence-corrected chi connectivity index (χ0v) is 30.3. The summed E-state index contributed by atoms with van der Waals surface area (Å²) in [5.74, 6) is 1.70. The third-order valence-electron chi connectivity index (χ3n) is 9.57. The highest BCUT2D eigenvalue weighted by Crippen LogP contribution is 2.39. The molecule has 2 aliphatic heterocycles. The molecule has 3 fully saturated rings. The number of carbonyl (C=O) groups excluding carboxylic acids is 1. The van der Waals surface area contributed by atoms with E-state index in [0.717, 1.165) is 58.7 Å². The number of hydrogen-bond donors (Lipinski definition) is 2. The predicted molar refractivity (Wildman–Crippen MR) is 203 cm³/mol. The summed E-state index contributed by atoms with van der Waals surface area (Å²) in [4.78, 5) is 31.7. The molecule has 1 amide bonds. The lowest BCUT2D eigenvalue weighted by Crippen LogP contribution is -2.51. The summed E-state index contributed by atoms with van der Waals surface area (Å²) in [6, 6.07) is 18.1. The van der Waals surface area contributed by atoms with Crippen LogP contribution >= 0.6 is 23.5 Å². The molecule has 52 heavy (non-hydrogen) atoms. The minimum Gasteiger partial charge on any atom is -0.464 e. The van der Waals surface area contributed by atoms with Crippen molar-refractivity contribution in [1.82, 2.24) is 34.4 Å². The van der Waals surface area contributed by atoms with E-state index in [1.165, 1.54) is 24.8 Å². The van der Waals surface area contributed by atoms with E-state index in [-0.39, 0.29) is 17.2 Å². The van der Waals surface area contributed by atoms with Crippen molar-refractivity contribution in [3.05, 3.63) is 89.3 Å².